The molecule has 0 unspecified atom stereocenters. The first-order chi connectivity index (χ1) is 15.6. The van der Waals surface area contributed by atoms with Gasteiger partial charge >= 0.3 is 5.97 Å². The summed E-state index contributed by atoms with van der Waals surface area (Å²) in [6.45, 7) is 0. The summed E-state index contributed by atoms with van der Waals surface area (Å²) in [7, 11) is 0. The Kier molecular flexibility index (Phi) is 5.31. The Balaban J connectivity index is 1.61. The monoisotopic (exact) mass is 428 g/mol. The summed E-state index contributed by atoms with van der Waals surface area (Å²) in [4.78, 5) is 23.9. The van der Waals surface area contributed by atoms with Crippen LogP contribution < -0.4 is 5.56 Å². The van der Waals surface area contributed by atoms with Crippen LogP contribution in [0.4, 0.5) is 0 Å². The van der Waals surface area contributed by atoms with E-state index in [0.717, 1.165) is 41.6 Å². The van der Waals surface area contributed by atoms with E-state index in [1.54, 1.807) is 16.8 Å². The minimum atomic E-state index is -0.788. The van der Waals surface area contributed by atoms with Crippen molar-refractivity contribution in [1.82, 2.24) is 19.4 Å². The first-order valence-electron chi connectivity index (χ1n) is 10.9. The summed E-state index contributed by atoms with van der Waals surface area (Å²) < 4.78 is 3.39. The molecule has 0 aliphatic heterocycles. The molecule has 0 saturated heterocycles. The fraction of sp³-hybridized carbons (Fsp3) is 0.280. The van der Waals surface area contributed by atoms with Gasteiger partial charge in [0.25, 0.3) is 5.56 Å². The quantitative estimate of drug-likeness (QED) is 0.508. The summed E-state index contributed by atoms with van der Waals surface area (Å²) in [6, 6.07) is 19.0. The number of carboxylic acid groups (broad SMARTS) is 1. The molecule has 3 heterocycles. The van der Waals surface area contributed by atoms with Crippen molar-refractivity contribution in [3.05, 3.63) is 77.2 Å². The van der Waals surface area contributed by atoms with Gasteiger partial charge in [0.2, 0.25) is 0 Å². The Bertz CT molecular complexity index is 1330. The van der Waals surface area contributed by atoms with E-state index in [9.17, 15) is 14.7 Å². The molecule has 0 spiro atoms. The molecule has 5 rings (SSSR count). The van der Waals surface area contributed by atoms with Crippen LogP contribution in [-0.2, 0) is 4.79 Å². The van der Waals surface area contributed by atoms with E-state index in [1.165, 1.54) is 0 Å². The molecule has 3 aromatic heterocycles. The first-order valence-corrected chi connectivity index (χ1v) is 10.9. The second kappa shape index (κ2) is 8.42. The van der Waals surface area contributed by atoms with Gasteiger partial charge in [0.15, 0.2) is 0 Å². The highest BCUT2D eigenvalue weighted by molar-refractivity contribution is 5.90. The predicted octanol–water partition coefficient (Wildman–Crippen LogP) is 4.43. The van der Waals surface area contributed by atoms with Crippen LogP contribution in [-0.4, -0.2) is 30.5 Å². The number of aliphatic carboxylic acids is 1. The maximum Gasteiger partial charge on any atom is 0.303 e. The lowest BCUT2D eigenvalue weighted by Gasteiger charge is -2.29. The third kappa shape index (κ3) is 3.82. The summed E-state index contributed by atoms with van der Waals surface area (Å²) in [5, 5.41) is 18.8. The minimum absolute atomic E-state index is 0.0699. The van der Waals surface area contributed by atoms with Crippen molar-refractivity contribution in [2.24, 2.45) is 5.92 Å². The van der Waals surface area contributed by atoms with Gasteiger partial charge in [-0.05, 0) is 43.4 Å². The molecule has 1 N–H and O–H groups in total. The number of rotatable bonds is 5. The van der Waals surface area contributed by atoms with Gasteiger partial charge in [0.1, 0.15) is 5.69 Å². The van der Waals surface area contributed by atoms with Crippen molar-refractivity contribution in [1.29, 1.82) is 0 Å². The number of carbonyl (C=O) groups is 1. The molecular weight excluding hydrogens is 404 g/mol. The van der Waals surface area contributed by atoms with Gasteiger partial charge < -0.3 is 5.11 Å². The first kappa shape index (κ1) is 20.2. The molecule has 7 heteroatoms. The molecule has 4 aromatic rings. The normalized spacial score (nSPS) is 18.6. The lowest BCUT2D eigenvalue weighted by atomic mass is 9.84. The van der Waals surface area contributed by atoms with Gasteiger partial charge in [-0.25, -0.2) is 9.20 Å². The van der Waals surface area contributed by atoms with Gasteiger partial charge in [-0.15, -0.1) is 0 Å². The van der Waals surface area contributed by atoms with E-state index in [4.69, 9.17) is 10.2 Å². The van der Waals surface area contributed by atoms with Crippen LogP contribution in [0.2, 0.25) is 0 Å². The summed E-state index contributed by atoms with van der Waals surface area (Å²) in [5.74, 6) is -0.718. The molecule has 1 fully saturated rings. The third-order valence-electron chi connectivity index (χ3n) is 6.23. The molecule has 1 saturated carbocycles. The Morgan fingerprint density at radius 1 is 1.00 bits per heavy atom. The average molecular weight is 428 g/mol. The van der Waals surface area contributed by atoms with Crippen LogP contribution in [0.3, 0.4) is 0 Å². The number of hydrogen-bond donors (Lipinski definition) is 1. The van der Waals surface area contributed by atoms with Crippen LogP contribution in [0.15, 0.2) is 71.7 Å². The van der Waals surface area contributed by atoms with Crippen LogP contribution in [0.5, 0.6) is 0 Å². The number of nitrogens with zero attached hydrogens (tertiary/aromatic N) is 4. The van der Waals surface area contributed by atoms with Crippen LogP contribution in [0, 0.1) is 5.92 Å². The molecule has 0 amide bonds. The SMILES string of the molecule is O=C(O)C[C@H]1CCC[C@H](n2nc(-c3c(-c4ccccc4)nn4ccccc34)ccc2=O)C1. The van der Waals surface area contributed by atoms with Gasteiger partial charge in [0, 0.05) is 24.2 Å². The van der Waals surface area contributed by atoms with E-state index in [1.807, 2.05) is 59.2 Å². The van der Waals surface area contributed by atoms with Crippen molar-refractivity contribution in [3.63, 3.8) is 0 Å². The number of aromatic nitrogens is 4. The molecule has 32 heavy (non-hydrogen) atoms. The van der Waals surface area contributed by atoms with Crippen LogP contribution >= 0.6 is 0 Å². The molecule has 0 radical (unpaired) electrons. The number of carboxylic acids is 1. The van der Waals surface area contributed by atoms with Crippen molar-refractivity contribution < 1.29 is 9.90 Å². The van der Waals surface area contributed by atoms with Gasteiger partial charge in [-0.2, -0.15) is 10.2 Å². The lowest BCUT2D eigenvalue weighted by Crippen LogP contribution is -2.31. The van der Waals surface area contributed by atoms with Crippen LogP contribution in [0.25, 0.3) is 28.0 Å². The number of pyridine rings is 1. The second-order valence-electron chi connectivity index (χ2n) is 8.41. The minimum Gasteiger partial charge on any atom is -0.481 e. The molecular formula is C25H24N4O3. The van der Waals surface area contributed by atoms with E-state index in [-0.39, 0.29) is 23.9 Å². The highest BCUT2D eigenvalue weighted by Crippen LogP contribution is 2.36. The van der Waals surface area contributed by atoms with Crippen molar-refractivity contribution in [2.45, 2.75) is 38.1 Å². The smallest absolute Gasteiger partial charge is 0.303 e. The average Bonchev–Trinajstić information content (AvgIpc) is 3.19. The molecule has 2 atom stereocenters. The van der Waals surface area contributed by atoms with E-state index >= 15 is 0 Å². The largest absolute Gasteiger partial charge is 0.481 e. The fourth-order valence-corrected chi connectivity index (χ4v) is 4.79. The summed E-state index contributed by atoms with van der Waals surface area (Å²) in [6.07, 6.45) is 5.29. The molecule has 1 aliphatic rings. The number of fused-ring (bicyclic) bond motifs is 1. The number of hydrogen-bond acceptors (Lipinski definition) is 4. The Labute approximate surface area is 185 Å². The van der Waals surface area contributed by atoms with Gasteiger partial charge in [-0.1, -0.05) is 42.8 Å². The van der Waals surface area contributed by atoms with E-state index in [0.29, 0.717) is 12.1 Å². The summed E-state index contributed by atoms with van der Waals surface area (Å²) in [5.41, 5.74) is 4.10. The van der Waals surface area contributed by atoms with Crippen molar-refractivity contribution >= 4 is 11.5 Å². The molecule has 162 valence electrons. The zero-order valence-electron chi connectivity index (χ0n) is 17.6. The lowest BCUT2D eigenvalue weighted by molar-refractivity contribution is -0.138. The number of benzene rings is 1. The Hall–Kier alpha value is -3.74. The molecule has 1 aromatic carbocycles. The van der Waals surface area contributed by atoms with E-state index < -0.39 is 5.97 Å². The fourth-order valence-electron chi connectivity index (χ4n) is 4.79. The predicted molar refractivity (Wildman–Crippen MR) is 121 cm³/mol. The van der Waals surface area contributed by atoms with Crippen molar-refractivity contribution in [3.8, 4) is 22.5 Å². The maximum absolute atomic E-state index is 12.8. The van der Waals surface area contributed by atoms with E-state index in [2.05, 4.69) is 0 Å². The molecule has 0 bridgehead atoms. The van der Waals surface area contributed by atoms with Crippen LogP contribution in [0.1, 0.15) is 38.1 Å². The highest BCUT2D eigenvalue weighted by atomic mass is 16.4. The molecule has 1 aliphatic carbocycles. The third-order valence-corrected chi connectivity index (χ3v) is 6.23. The van der Waals surface area contributed by atoms with Gasteiger partial charge in [0.05, 0.1) is 22.8 Å². The second-order valence-corrected chi connectivity index (χ2v) is 8.41. The zero-order valence-corrected chi connectivity index (χ0v) is 17.6. The summed E-state index contributed by atoms with van der Waals surface area (Å²) >= 11 is 0. The Morgan fingerprint density at radius 3 is 2.62 bits per heavy atom. The maximum atomic E-state index is 12.8. The van der Waals surface area contributed by atoms with Gasteiger partial charge in [-0.3, -0.25) is 9.59 Å². The Morgan fingerprint density at radius 2 is 1.81 bits per heavy atom. The zero-order chi connectivity index (χ0) is 22.1. The highest BCUT2D eigenvalue weighted by Gasteiger charge is 2.27. The van der Waals surface area contributed by atoms with Crippen molar-refractivity contribution in [2.75, 3.05) is 0 Å². The standard InChI is InChI=1S/C25H24N4O3/c30-22-13-12-20(26-29(22)19-10-6-7-17(15-19)16-23(31)32)24-21-11-4-5-14-28(21)27-25(24)18-8-2-1-3-9-18/h1-5,8-9,11-14,17,19H,6-7,10,15-16H2,(H,31,32)/t17-,19-/m0/s1. The molecule has 7 nitrogen and oxygen atoms in total. The topological polar surface area (TPSA) is 89.5 Å².